The summed E-state index contributed by atoms with van der Waals surface area (Å²) in [7, 11) is 0. The van der Waals surface area contributed by atoms with E-state index >= 15 is 0 Å². The van der Waals surface area contributed by atoms with Crippen LogP contribution < -0.4 is 12.6 Å². The van der Waals surface area contributed by atoms with Crippen LogP contribution in [-0.4, -0.2) is 18.0 Å². The van der Waals surface area contributed by atoms with Crippen molar-refractivity contribution in [3.63, 3.8) is 0 Å². The normalized spacial score (nSPS) is 10.7. The standard InChI is InChI=1S/AsH3.3Mn.12O/h1H3;;;;;;;;;;;;;;;/q+3;;;;;;;;;;;;;3*-1. The van der Waals surface area contributed by atoms with Crippen LogP contribution in [0.5, 0.6) is 0 Å². The van der Waals surface area contributed by atoms with E-state index in [1.54, 1.807) is 0 Å². The summed E-state index contributed by atoms with van der Waals surface area (Å²) in [5.74, 6) is 0. The topological polar surface area (TPSA) is 223 Å². The third kappa shape index (κ3) is 63800. The van der Waals surface area contributed by atoms with Crippen LogP contribution in [0.3, 0.4) is 0 Å². The van der Waals surface area contributed by atoms with Crippen LogP contribution in [-0.2, 0) is 73.4 Å². The second-order valence-electron chi connectivity index (χ2n) is 1.13. The van der Waals surface area contributed by atoms with E-state index in [-0.39, 0.29) is 18.0 Å². The zero-order valence-electron chi connectivity index (χ0n) is 6.74. The van der Waals surface area contributed by atoms with Crippen molar-refractivity contribution in [3.05, 3.63) is 0 Å². The Hall–Kier alpha value is 0.197. The average Bonchev–Trinajstić information content (AvgIpc) is 1.41. The van der Waals surface area contributed by atoms with Gasteiger partial charge in [-0.15, -0.1) is 0 Å². The quantitative estimate of drug-likeness (QED) is 0.325. The second-order valence-corrected chi connectivity index (χ2v) is 4.68. The Bertz CT molecular complexity index is 480. The molecule has 3 radical (unpaired) electrons. The summed E-state index contributed by atoms with van der Waals surface area (Å²) in [6, 6.07) is 0. The van der Waals surface area contributed by atoms with E-state index < -0.39 is 38.9 Å². The molecule has 0 heterocycles. The summed E-state index contributed by atoms with van der Waals surface area (Å²) in [4.78, 5) is 0. The van der Waals surface area contributed by atoms with E-state index in [0.717, 1.165) is 0 Å². The fourth-order valence-electron chi connectivity index (χ4n) is 0. The predicted molar refractivity (Wildman–Crippen MR) is 16.1 cm³/mol. The molecule has 12 nitrogen and oxygen atoms in total. The summed E-state index contributed by atoms with van der Waals surface area (Å²) in [6.45, 7) is 0. The molecule has 0 amide bonds. The van der Waals surface area contributed by atoms with Gasteiger partial charge in [-0.1, -0.05) is 0 Å². The molecule has 0 aliphatic heterocycles. The molecule has 0 bridgehead atoms. The molecule has 16 heavy (non-hydrogen) atoms. The molecule has 0 N–H and O–H groups in total. The molecule has 0 saturated carbocycles. The van der Waals surface area contributed by atoms with E-state index in [4.69, 9.17) is 47.1 Å². The first-order chi connectivity index (χ1) is 6.00. The van der Waals surface area contributed by atoms with Crippen molar-refractivity contribution in [1.82, 2.24) is 0 Å². The molecule has 0 aromatic carbocycles. The molecular weight excluding hydrogens is 432 g/mol. The van der Waals surface area contributed by atoms with Crippen molar-refractivity contribution in [1.29, 1.82) is 0 Å². The molecule has 101 valence electrons. The summed E-state index contributed by atoms with van der Waals surface area (Å²) in [5, 5.41) is 0. The number of hydrogen-bond acceptors (Lipinski definition) is 12. The number of rotatable bonds is 0. The maximum atomic E-state index is 8.58. The van der Waals surface area contributed by atoms with Gasteiger partial charge in [0.15, 0.2) is 0 Å². The molecule has 1 atom stereocenters. The Kier molecular flexibility index (Phi) is 14.5. The zero-order chi connectivity index (χ0) is 13.5. The predicted octanol–water partition coefficient (Wildman–Crippen LogP) is -5.83. The third-order valence-corrected chi connectivity index (χ3v) is 0. The molecule has 0 spiro atoms. The maximum absolute atomic E-state index is 8.58. The zero-order valence-corrected chi connectivity index (χ0v) is 13.2. The van der Waals surface area contributed by atoms with Crippen LogP contribution in [0.4, 0.5) is 0 Å². The van der Waals surface area contributed by atoms with Gasteiger partial charge in [0.05, 0.1) is 0 Å². The molecule has 0 aromatic heterocycles. The van der Waals surface area contributed by atoms with Crippen molar-refractivity contribution in [2.24, 2.45) is 0 Å². The van der Waals surface area contributed by atoms with Gasteiger partial charge in [0.25, 0.3) is 0 Å². The van der Waals surface area contributed by atoms with Crippen LogP contribution in [0.1, 0.15) is 0 Å². The Balaban J connectivity index is -0.0000000655. The first-order valence-electron chi connectivity index (χ1n) is 1.85. The average molecular weight is 435 g/mol. The SMILES string of the molecule is [AsH3+3].[O]=[Mn](=[O])(=[O])[O-].[O]=[Mn](=[O])(=[O])[O-].[O]=[Mn](=[O])(=[O])[O-]. The molecule has 0 saturated heterocycles. The number of hydrogen-bond donors (Lipinski definition) is 0. The van der Waals surface area contributed by atoms with E-state index in [1.807, 2.05) is 0 Å². The monoisotopic (exact) mass is 435 g/mol. The van der Waals surface area contributed by atoms with Crippen molar-refractivity contribution >= 4 is 18.0 Å². The van der Waals surface area contributed by atoms with Crippen LogP contribution in [0.25, 0.3) is 0 Å². The first-order valence-corrected chi connectivity index (χ1v) is 7.63. The van der Waals surface area contributed by atoms with Gasteiger partial charge in [-0.3, -0.25) is 0 Å². The molecule has 0 rings (SSSR count). The van der Waals surface area contributed by atoms with E-state index in [0.29, 0.717) is 0 Å². The molecule has 0 aliphatic rings. The van der Waals surface area contributed by atoms with Gasteiger partial charge in [-0.25, -0.2) is 0 Å². The fourth-order valence-corrected chi connectivity index (χ4v) is 0. The molecule has 16 heteroatoms. The molecular formula is H3AsMn3O12. The van der Waals surface area contributed by atoms with Crippen molar-refractivity contribution in [2.45, 2.75) is 0 Å². The summed E-state index contributed by atoms with van der Waals surface area (Å²) >= 11 is -16.9. The van der Waals surface area contributed by atoms with Gasteiger partial charge >= 0.3 is 104 Å². The van der Waals surface area contributed by atoms with Gasteiger partial charge in [0.2, 0.25) is 0 Å². The third-order valence-electron chi connectivity index (χ3n) is 0. The summed E-state index contributed by atoms with van der Waals surface area (Å²) < 4.78 is 103. The Morgan fingerprint density at radius 3 is 0.438 bits per heavy atom. The summed E-state index contributed by atoms with van der Waals surface area (Å²) in [6.07, 6.45) is 0. The van der Waals surface area contributed by atoms with Gasteiger partial charge in [0, 0.05) is 0 Å². The summed E-state index contributed by atoms with van der Waals surface area (Å²) in [5.41, 5.74) is 0. The van der Waals surface area contributed by atoms with Crippen molar-refractivity contribution < 1.29 is 86.0 Å². The van der Waals surface area contributed by atoms with Gasteiger partial charge < -0.3 is 0 Å². The Labute approximate surface area is 103 Å². The second kappa shape index (κ2) is 9.25. The van der Waals surface area contributed by atoms with Gasteiger partial charge in [-0.05, 0) is 0 Å². The van der Waals surface area contributed by atoms with Crippen molar-refractivity contribution in [2.75, 3.05) is 0 Å². The molecule has 0 fully saturated rings. The van der Waals surface area contributed by atoms with Crippen LogP contribution in [0, 0.1) is 0 Å². The van der Waals surface area contributed by atoms with E-state index in [2.05, 4.69) is 0 Å². The van der Waals surface area contributed by atoms with Crippen LogP contribution in [0.2, 0.25) is 0 Å². The molecule has 0 aliphatic carbocycles. The first kappa shape index (κ1) is 25.1. The van der Waals surface area contributed by atoms with Crippen LogP contribution >= 0.6 is 0 Å². The minimum absolute atomic E-state index is 0. The Morgan fingerprint density at radius 1 is 0.438 bits per heavy atom. The molecule has 1 unspecified atom stereocenters. The van der Waals surface area contributed by atoms with Crippen LogP contribution in [0.15, 0.2) is 0 Å². The van der Waals surface area contributed by atoms with Crippen molar-refractivity contribution in [3.8, 4) is 0 Å². The molecule has 0 aromatic rings. The van der Waals surface area contributed by atoms with E-state index in [1.165, 1.54) is 0 Å². The Morgan fingerprint density at radius 2 is 0.438 bits per heavy atom. The van der Waals surface area contributed by atoms with Gasteiger partial charge in [-0.2, -0.15) is 0 Å². The van der Waals surface area contributed by atoms with E-state index in [9.17, 15) is 0 Å². The minimum atomic E-state index is -5.62. The fraction of sp³-hybridized carbons (Fsp3) is 0. The van der Waals surface area contributed by atoms with Gasteiger partial charge in [0.1, 0.15) is 0 Å².